The fraction of sp³-hybridized carbons (Fsp3) is 0.188. The van der Waals surface area contributed by atoms with E-state index in [9.17, 15) is 9.90 Å². The summed E-state index contributed by atoms with van der Waals surface area (Å²) >= 11 is 0. The molecule has 0 saturated heterocycles. The molecule has 20 heavy (non-hydrogen) atoms. The van der Waals surface area contributed by atoms with Crippen LogP contribution in [-0.2, 0) is 11.3 Å². The Balaban J connectivity index is 2.26. The Kier molecular flexibility index (Phi) is 4.38. The van der Waals surface area contributed by atoms with Crippen molar-refractivity contribution in [3.8, 4) is 5.75 Å². The van der Waals surface area contributed by atoms with Crippen molar-refractivity contribution in [1.29, 1.82) is 0 Å². The van der Waals surface area contributed by atoms with E-state index in [2.05, 4.69) is 5.32 Å². The van der Waals surface area contributed by atoms with Crippen LogP contribution in [0.2, 0.25) is 0 Å². The van der Waals surface area contributed by atoms with Gasteiger partial charge >= 0.3 is 0 Å². The lowest BCUT2D eigenvalue weighted by Crippen LogP contribution is -2.14. The Morgan fingerprint density at radius 1 is 1.25 bits per heavy atom. The number of aromatic hydroxyl groups is 1. The first kappa shape index (κ1) is 14.1. The summed E-state index contributed by atoms with van der Waals surface area (Å²) < 4.78 is 5.10. The largest absolute Gasteiger partial charge is 0.507 e. The number of phenolic OH excluding ortho intramolecular Hbond substituents is 1. The molecule has 0 unspecified atom stereocenters. The fourth-order valence-corrected chi connectivity index (χ4v) is 1.95. The minimum absolute atomic E-state index is 0.0303. The molecule has 0 aliphatic heterocycles. The van der Waals surface area contributed by atoms with E-state index in [1.165, 1.54) is 6.07 Å². The molecule has 0 atom stereocenters. The lowest BCUT2D eigenvalue weighted by atomic mass is 10.1. The number of benzene rings is 2. The van der Waals surface area contributed by atoms with Crippen molar-refractivity contribution in [3.05, 3.63) is 59.2 Å². The van der Waals surface area contributed by atoms with Crippen LogP contribution in [0.15, 0.2) is 42.5 Å². The summed E-state index contributed by atoms with van der Waals surface area (Å²) in [6.45, 7) is 2.28. The molecule has 0 aromatic heterocycles. The zero-order chi connectivity index (χ0) is 14.5. The van der Waals surface area contributed by atoms with E-state index in [1.807, 2.05) is 25.1 Å². The third-order valence-corrected chi connectivity index (χ3v) is 2.96. The molecule has 2 rings (SSSR count). The molecule has 4 nitrogen and oxygen atoms in total. The summed E-state index contributed by atoms with van der Waals surface area (Å²) in [6.07, 6.45) is 0. The Morgan fingerprint density at radius 2 is 2.00 bits per heavy atom. The van der Waals surface area contributed by atoms with Crippen LogP contribution < -0.4 is 5.32 Å². The van der Waals surface area contributed by atoms with Crippen molar-refractivity contribution in [2.24, 2.45) is 0 Å². The van der Waals surface area contributed by atoms with Gasteiger partial charge in [-0.25, -0.2) is 0 Å². The maximum absolute atomic E-state index is 12.2. The minimum Gasteiger partial charge on any atom is -0.507 e. The molecular weight excluding hydrogens is 254 g/mol. The predicted molar refractivity (Wildman–Crippen MR) is 78.0 cm³/mol. The normalized spacial score (nSPS) is 10.3. The number of para-hydroxylation sites is 1. The molecule has 1 amide bonds. The Morgan fingerprint density at radius 3 is 2.75 bits per heavy atom. The van der Waals surface area contributed by atoms with E-state index in [1.54, 1.807) is 25.3 Å². The number of nitrogens with one attached hydrogen (secondary N) is 1. The highest BCUT2D eigenvalue weighted by atomic mass is 16.5. The van der Waals surface area contributed by atoms with Crippen LogP contribution in [-0.4, -0.2) is 18.1 Å². The molecule has 0 saturated carbocycles. The zero-order valence-corrected chi connectivity index (χ0v) is 11.5. The number of anilines is 1. The van der Waals surface area contributed by atoms with E-state index in [0.29, 0.717) is 12.3 Å². The molecule has 0 radical (unpaired) electrons. The smallest absolute Gasteiger partial charge is 0.259 e. The van der Waals surface area contributed by atoms with Crippen LogP contribution in [0.3, 0.4) is 0 Å². The van der Waals surface area contributed by atoms with Crippen molar-refractivity contribution in [1.82, 2.24) is 0 Å². The number of hydrogen-bond acceptors (Lipinski definition) is 3. The van der Waals surface area contributed by atoms with Gasteiger partial charge in [-0.05, 0) is 25.1 Å². The van der Waals surface area contributed by atoms with Gasteiger partial charge in [0.15, 0.2) is 0 Å². The number of carbonyl (C=O) groups is 1. The maximum atomic E-state index is 12.2. The Hall–Kier alpha value is -2.33. The molecule has 104 valence electrons. The number of ether oxygens (including phenoxy) is 1. The summed E-state index contributed by atoms with van der Waals surface area (Å²) in [5.74, 6) is -0.368. The van der Waals surface area contributed by atoms with Crippen LogP contribution in [0.4, 0.5) is 5.69 Å². The van der Waals surface area contributed by atoms with Gasteiger partial charge in [-0.3, -0.25) is 4.79 Å². The second-order valence-corrected chi connectivity index (χ2v) is 4.56. The second kappa shape index (κ2) is 6.21. The predicted octanol–water partition coefficient (Wildman–Crippen LogP) is 3.10. The fourth-order valence-electron chi connectivity index (χ4n) is 1.95. The van der Waals surface area contributed by atoms with Gasteiger partial charge < -0.3 is 15.2 Å². The van der Waals surface area contributed by atoms with Crippen LogP contribution in [0.25, 0.3) is 0 Å². The van der Waals surface area contributed by atoms with E-state index < -0.39 is 0 Å². The van der Waals surface area contributed by atoms with Gasteiger partial charge in [-0.15, -0.1) is 0 Å². The number of hydrogen-bond donors (Lipinski definition) is 2. The molecule has 0 spiro atoms. The molecule has 4 heteroatoms. The van der Waals surface area contributed by atoms with Gasteiger partial charge in [0.25, 0.3) is 5.91 Å². The van der Waals surface area contributed by atoms with Crippen LogP contribution in [0, 0.1) is 6.92 Å². The van der Waals surface area contributed by atoms with Crippen LogP contribution >= 0.6 is 0 Å². The average Bonchev–Trinajstić information content (AvgIpc) is 2.44. The molecule has 0 aliphatic rings. The number of amides is 1. The van der Waals surface area contributed by atoms with Crippen LogP contribution in [0.1, 0.15) is 21.5 Å². The monoisotopic (exact) mass is 271 g/mol. The molecule has 2 N–H and O–H groups in total. The Labute approximate surface area is 118 Å². The van der Waals surface area contributed by atoms with Gasteiger partial charge in [0.05, 0.1) is 12.2 Å². The summed E-state index contributed by atoms with van der Waals surface area (Å²) in [4.78, 5) is 12.2. The Bertz CT molecular complexity index is 623. The number of aryl methyl sites for hydroxylation is 1. The summed E-state index contributed by atoms with van der Waals surface area (Å²) in [7, 11) is 1.60. The quantitative estimate of drug-likeness (QED) is 0.898. The van der Waals surface area contributed by atoms with E-state index in [4.69, 9.17) is 4.74 Å². The van der Waals surface area contributed by atoms with Crippen molar-refractivity contribution < 1.29 is 14.6 Å². The van der Waals surface area contributed by atoms with Gasteiger partial charge in [0.1, 0.15) is 5.75 Å². The van der Waals surface area contributed by atoms with Gasteiger partial charge in [0.2, 0.25) is 0 Å². The van der Waals surface area contributed by atoms with Gasteiger partial charge in [-0.1, -0.05) is 29.8 Å². The third-order valence-electron chi connectivity index (χ3n) is 2.96. The van der Waals surface area contributed by atoms with Crippen molar-refractivity contribution in [2.75, 3.05) is 12.4 Å². The number of rotatable bonds is 4. The van der Waals surface area contributed by atoms with Gasteiger partial charge in [-0.2, -0.15) is 0 Å². The van der Waals surface area contributed by atoms with Crippen molar-refractivity contribution in [3.63, 3.8) is 0 Å². The standard InChI is InChI=1S/C16H17NO3/c1-11-7-8-15(18)13(9-11)16(19)17-14-6-4-3-5-12(14)10-20-2/h3-9,18H,10H2,1-2H3,(H,17,19). The van der Waals surface area contributed by atoms with E-state index in [-0.39, 0.29) is 17.2 Å². The van der Waals surface area contributed by atoms with Crippen LogP contribution in [0.5, 0.6) is 5.75 Å². The SMILES string of the molecule is COCc1ccccc1NC(=O)c1cc(C)ccc1O. The topological polar surface area (TPSA) is 58.6 Å². The minimum atomic E-state index is -0.338. The summed E-state index contributed by atoms with van der Waals surface area (Å²) in [5, 5.41) is 12.6. The summed E-state index contributed by atoms with van der Waals surface area (Å²) in [5.41, 5.74) is 2.74. The second-order valence-electron chi connectivity index (χ2n) is 4.56. The molecule has 0 fully saturated rings. The average molecular weight is 271 g/mol. The van der Waals surface area contributed by atoms with Crippen molar-refractivity contribution in [2.45, 2.75) is 13.5 Å². The highest BCUT2D eigenvalue weighted by molar-refractivity contribution is 6.06. The van der Waals surface area contributed by atoms with Gasteiger partial charge in [0, 0.05) is 18.4 Å². The number of phenols is 1. The molecule has 0 bridgehead atoms. The third kappa shape index (κ3) is 3.16. The highest BCUT2D eigenvalue weighted by Gasteiger charge is 2.13. The first-order chi connectivity index (χ1) is 9.61. The molecule has 2 aromatic rings. The number of methoxy groups -OCH3 is 1. The maximum Gasteiger partial charge on any atom is 0.259 e. The molecule has 2 aromatic carbocycles. The zero-order valence-electron chi connectivity index (χ0n) is 11.5. The van der Waals surface area contributed by atoms with E-state index >= 15 is 0 Å². The molecule has 0 aliphatic carbocycles. The molecule has 0 heterocycles. The number of carbonyl (C=O) groups excluding carboxylic acids is 1. The lowest BCUT2D eigenvalue weighted by molar-refractivity contribution is 0.102. The summed E-state index contributed by atoms with van der Waals surface area (Å²) in [6, 6.07) is 12.3. The lowest BCUT2D eigenvalue weighted by Gasteiger charge is -2.11. The van der Waals surface area contributed by atoms with E-state index in [0.717, 1.165) is 11.1 Å². The first-order valence-electron chi connectivity index (χ1n) is 6.29. The first-order valence-corrected chi connectivity index (χ1v) is 6.29. The highest BCUT2D eigenvalue weighted by Crippen LogP contribution is 2.21. The van der Waals surface area contributed by atoms with Crippen molar-refractivity contribution >= 4 is 11.6 Å². The molecular formula is C16H17NO3.